The van der Waals surface area contributed by atoms with Crippen LogP contribution < -0.4 is 5.32 Å². The number of hydrogen-bond donors (Lipinski definition) is 1. The van der Waals surface area contributed by atoms with Gasteiger partial charge in [-0.15, -0.1) is 0 Å². The predicted octanol–water partition coefficient (Wildman–Crippen LogP) is 5.11. The molecule has 9 heteroatoms. The fourth-order valence-electron chi connectivity index (χ4n) is 3.55. The third kappa shape index (κ3) is 3.93. The van der Waals surface area contributed by atoms with E-state index < -0.39 is 17.9 Å². The molecule has 0 aliphatic heterocycles. The van der Waals surface area contributed by atoms with Crippen LogP contribution in [0.3, 0.4) is 0 Å². The number of halogens is 3. The van der Waals surface area contributed by atoms with Gasteiger partial charge in [-0.05, 0) is 30.4 Å². The maximum Gasteiger partial charge on any atom is 0.451 e. The first-order valence-corrected chi connectivity index (χ1v) is 10.0. The number of nitrogens with one attached hydrogen (secondary N) is 1. The molecular weight excluding hydrogens is 421 g/mol. The molecule has 1 N–H and O–H groups in total. The molecule has 1 aromatic carbocycles. The van der Waals surface area contributed by atoms with Gasteiger partial charge < -0.3 is 9.73 Å². The molecule has 0 unspecified atom stereocenters. The lowest BCUT2D eigenvalue weighted by atomic mass is 10.0. The number of benzene rings is 1. The van der Waals surface area contributed by atoms with Crippen molar-refractivity contribution in [3.05, 3.63) is 77.8 Å². The summed E-state index contributed by atoms with van der Waals surface area (Å²) in [4.78, 5) is 23.6. The van der Waals surface area contributed by atoms with Crippen LogP contribution in [0.4, 0.5) is 13.2 Å². The molecule has 162 valence electrons. The molecule has 1 fully saturated rings. The second-order valence-electron chi connectivity index (χ2n) is 7.67. The van der Waals surface area contributed by atoms with Crippen LogP contribution in [0, 0.1) is 0 Å². The normalized spacial score (nSPS) is 14.0. The van der Waals surface area contributed by atoms with E-state index in [4.69, 9.17) is 4.42 Å². The molecule has 0 spiro atoms. The second kappa shape index (κ2) is 7.74. The van der Waals surface area contributed by atoms with Crippen LogP contribution in [-0.2, 0) is 12.7 Å². The van der Waals surface area contributed by atoms with E-state index in [1.165, 1.54) is 18.4 Å². The summed E-state index contributed by atoms with van der Waals surface area (Å²) >= 11 is 0. The lowest BCUT2D eigenvalue weighted by Gasteiger charge is -2.06. The predicted molar refractivity (Wildman–Crippen MR) is 110 cm³/mol. The molecule has 32 heavy (non-hydrogen) atoms. The van der Waals surface area contributed by atoms with Crippen LogP contribution in [0.5, 0.6) is 0 Å². The lowest BCUT2D eigenvalue weighted by Crippen LogP contribution is -2.23. The van der Waals surface area contributed by atoms with Gasteiger partial charge in [-0.25, -0.2) is 9.97 Å². The molecule has 3 heterocycles. The Kier molecular flexibility index (Phi) is 4.88. The minimum Gasteiger partial charge on any atom is -0.450 e. The van der Waals surface area contributed by atoms with E-state index in [-0.39, 0.29) is 12.3 Å². The fourth-order valence-corrected chi connectivity index (χ4v) is 3.55. The average Bonchev–Trinajstić information content (AvgIpc) is 3.58. The highest BCUT2D eigenvalue weighted by Crippen LogP contribution is 2.41. The van der Waals surface area contributed by atoms with E-state index in [0.29, 0.717) is 28.0 Å². The number of nitrogens with zero attached hydrogens (tertiary/aromatic N) is 3. The first kappa shape index (κ1) is 20.2. The van der Waals surface area contributed by atoms with Crippen molar-refractivity contribution in [1.29, 1.82) is 0 Å². The zero-order valence-corrected chi connectivity index (χ0v) is 16.7. The van der Waals surface area contributed by atoms with Crippen molar-refractivity contribution in [2.75, 3.05) is 0 Å². The van der Waals surface area contributed by atoms with Gasteiger partial charge in [0.25, 0.3) is 5.91 Å². The van der Waals surface area contributed by atoms with Gasteiger partial charge in [0.1, 0.15) is 5.76 Å². The van der Waals surface area contributed by atoms with Gasteiger partial charge in [0.15, 0.2) is 5.76 Å². The maximum atomic E-state index is 12.8. The minimum absolute atomic E-state index is 0.0460. The van der Waals surface area contributed by atoms with E-state index in [2.05, 4.69) is 32.4 Å². The molecule has 0 saturated heterocycles. The highest BCUT2D eigenvalue weighted by atomic mass is 19.4. The van der Waals surface area contributed by atoms with E-state index in [1.807, 2.05) is 12.1 Å². The van der Waals surface area contributed by atoms with Crippen LogP contribution in [0.1, 0.15) is 46.3 Å². The minimum atomic E-state index is -4.61. The smallest absolute Gasteiger partial charge is 0.450 e. The third-order valence-electron chi connectivity index (χ3n) is 5.35. The number of fused-ring (bicyclic) bond motifs is 1. The van der Waals surface area contributed by atoms with Gasteiger partial charge >= 0.3 is 6.18 Å². The van der Waals surface area contributed by atoms with Crippen LogP contribution >= 0.6 is 0 Å². The summed E-state index contributed by atoms with van der Waals surface area (Å²) in [5.74, 6) is -0.444. The SMILES string of the molecule is O=C(NCc1cnc(C(F)(F)F)nc1)c1oc(-c2ccc(C3CC3)cc2)c2cnccc12. The van der Waals surface area contributed by atoms with Gasteiger partial charge in [0.2, 0.25) is 5.82 Å². The number of hydrogen-bond acceptors (Lipinski definition) is 5. The van der Waals surface area contributed by atoms with Gasteiger partial charge in [-0.2, -0.15) is 13.2 Å². The van der Waals surface area contributed by atoms with Crippen molar-refractivity contribution >= 4 is 16.7 Å². The molecule has 0 radical (unpaired) electrons. The molecule has 0 bridgehead atoms. The average molecular weight is 438 g/mol. The highest BCUT2D eigenvalue weighted by molar-refractivity contribution is 6.08. The van der Waals surface area contributed by atoms with Crippen LogP contribution in [0.2, 0.25) is 0 Å². The summed E-state index contributed by atoms with van der Waals surface area (Å²) in [6.45, 7) is -0.0460. The van der Waals surface area contributed by atoms with E-state index in [0.717, 1.165) is 18.0 Å². The summed E-state index contributed by atoms with van der Waals surface area (Å²) < 4.78 is 43.7. The Bertz CT molecular complexity index is 1280. The molecule has 1 saturated carbocycles. The number of pyridine rings is 1. The Labute approximate surface area is 180 Å². The van der Waals surface area contributed by atoms with Gasteiger partial charge in [0, 0.05) is 53.2 Å². The zero-order valence-electron chi connectivity index (χ0n) is 16.7. The Morgan fingerprint density at radius 1 is 1.03 bits per heavy atom. The quantitative estimate of drug-likeness (QED) is 0.468. The lowest BCUT2D eigenvalue weighted by molar-refractivity contribution is -0.145. The van der Waals surface area contributed by atoms with Crippen molar-refractivity contribution in [3.8, 4) is 11.3 Å². The molecule has 4 aromatic rings. The first-order valence-electron chi connectivity index (χ1n) is 10.0. The Hall–Kier alpha value is -3.75. The summed E-state index contributed by atoms with van der Waals surface area (Å²) in [5, 5.41) is 3.95. The van der Waals surface area contributed by atoms with Crippen molar-refractivity contribution in [1.82, 2.24) is 20.3 Å². The topological polar surface area (TPSA) is 80.9 Å². The van der Waals surface area contributed by atoms with Crippen molar-refractivity contribution in [2.45, 2.75) is 31.5 Å². The van der Waals surface area contributed by atoms with E-state index >= 15 is 0 Å². The highest BCUT2D eigenvalue weighted by Gasteiger charge is 2.34. The summed E-state index contributed by atoms with van der Waals surface area (Å²) in [7, 11) is 0. The molecule has 6 nitrogen and oxygen atoms in total. The Morgan fingerprint density at radius 3 is 2.41 bits per heavy atom. The number of furan rings is 1. The summed E-state index contributed by atoms with van der Waals surface area (Å²) in [6, 6.07) is 9.78. The van der Waals surface area contributed by atoms with Crippen molar-refractivity contribution in [3.63, 3.8) is 0 Å². The number of amides is 1. The summed E-state index contributed by atoms with van der Waals surface area (Å²) in [6.07, 6.45) is 3.08. The Morgan fingerprint density at radius 2 is 1.75 bits per heavy atom. The number of alkyl halides is 3. The van der Waals surface area contributed by atoms with Gasteiger partial charge in [-0.3, -0.25) is 9.78 Å². The molecular formula is C23H17F3N4O2. The molecule has 3 aromatic heterocycles. The summed E-state index contributed by atoms with van der Waals surface area (Å²) in [5.41, 5.74) is 2.46. The van der Waals surface area contributed by atoms with Crippen LogP contribution in [-0.4, -0.2) is 20.9 Å². The largest absolute Gasteiger partial charge is 0.451 e. The van der Waals surface area contributed by atoms with Crippen molar-refractivity contribution < 1.29 is 22.4 Å². The third-order valence-corrected chi connectivity index (χ3v) is 5.35. The first-order chi connectivity index (χ1) is 15.4. The van der Waals surface area contributed by atoms with Crippen LogP contribution in [0.25, 0.3) is 22.1 Å². The maximum absolute atomic E-state index is 12.8. The van der Waals surface area contributed by atoms with Gasteiger partial charge in [-0.1, -0.05) is 24.3 Å². The zero-order chi connectivity index (χ0) is 22.3. The van der Waals surface area contributed by atoms with E-state index in [1.54, 1.807) is 18.5 Å². The second-order valence-corrected chi connectivity index (χ2v) is 7.67. The standard InChI is InChI=1S/C23H17F3N4O2/c24-23(25,26)22-29-10-13(11-30-22)9-28-21(31)20-17-7-8-27-12-18(17)19(32-20)16-5-3-15(4-6-16)14-1-2-14/h3-8,10-12,14H,1-2,9H2,(H,28,31). The molecule has 5 rings (SSSR count). The van der Waals surface area contributed by atoms with Crippen molar-refractivity contribution in [2.24, 2.45) is 0 Å². The van der Waals surface area contributed by atoms with Crippen LogP contribution in [0.15, 0.2) is 59.5 Å². The monoisotopic (exact) mass is 438 g/mol. The molecule has 1 aliphatic carbocycles. The molecule has 0 atom stereocenters. The number of aromatic nitrogens is 3. The van der Waals surface area contributed by atoms with E-state index in [9.17, 15) is 18.0 Å². The molecule has 1 aliphatic rings. The molecule has 1 amide bonds. The van der Waals surface area contributed by atoms with Gasteiger partial charge in [0.05, 0.1) is 0 Å². The fraction of sp³-hybridized carbons (Fsp3) is 0.217. The number of carbonyl (C=O) groups is 1. The number of rotatable bonds is 5. The number of carbonyl (C=O) groups excluding carboxylic acids is 1. The Balaban J connectivity index is 1.38.